The monoisotopic (exact) mass is 345 g/mol. The number of terminal acetylenes is 1. The minimum Gasteiger partial charge on any atom is -0.481 e. The summed E-state index contributed by atoms with van der Waals surface area (Å²) in [7, 11) is -3.65. The lowest BCUT2D eigenvalue weighted by Crippen LogP contribution is -2.29. The Morgan fingerprint density at radius 3 is 2.83 bits per heavy atom. The van der Waals surface area contributed by atoms with Crippen molar-refractivity contribution in [3.05, 3.63) is 42.1 Å². The van der Waals surface area contributed by atoms with Crippen LogP contribution in [0.25, 0.3) is 0 Å². The van der Waals surface area contributed by atoms with Crippen molar-refractivity contribution < 1.29 is 13.2 Å². The number of hydrogen-bond donors (Lipinski definition) is 1. The van der Waals surface area contributed by atoms with Crippen LogP contribution in [-0.2, 0) is 16.6 Å². The zero-order valence-corrected chi connectivity index (χ0v) is 14.0. The largest absolute Gasteiger partial charge is 0.481 e. The molecule has 1 saturated carbocycles. The minimum absolute atomic E-state index is 0.124. The SMILES string of the molecule is C#CCOc1ccccc1CNS(=O)(=O)c1ccnn1C1CCC1. The van der Waals surface area contributed by atoms with Gasteiger partial charge in [0, 0.05) is 12.1 Å². The number of aromatic nitrogens is 2. The first-order valence-corrected chi connectivity index (χ1v) is 9.27. The zero-order valence-electron chi connectivity index (χ0n) is 13.2. The molecule has 0 unspecified atom stereocenters. The first-order chi connectivity index (χ1) is 11.6. The second-order valence-corrected chi connectivity index (χ2v) is 7.34. The van der Waals surface area contributed by atoms with Crippen molar-refractivity contribution in [2.24, 2.45) is 0 Å². The third kappa shape index (κ3) is 3.45. The van der Waals surface area contributed by atoms with Crippen LogP contribution in [0.5, 0.6) is 5.75 Å². The average Bonchev–Trinajstić information content (AvgIpc) is 3.00. The maximum Gasteiger partial charge on any atom is 0.258 e. The fraction of sp³-hybridized carbons (Fsp3) is 0.353. The Morgan fingerprint density at radius 2 is 2.12 bits per heavy atom. The lowest BCUT2D eigenvalue weighted by atomic mass is 9.93. The predicted octanol–water partition coefficient (Wildman–Crippen LogP) is 2.10. The highest BCUT2D eigenvalue weighted by atomic mass is 32.2. The summed E-state index contributed by atoms with van der Waals surface area (Å²) in [4.78, 5) is 0. The number of hydrogen-bond acceptors (Lipinski definition) is 4. The maximum absolute atomic E-state index is 12.6. The first kappa shape index (κ1) is 16.6. The summed E-state index contributed by atoms with van der Waals surface area (Å²) >= 11 is 0. The highest BCUT2D eigenvalue weighted by Crippen LogP contribution is 2.32. The molecule has 1 heterocycles. The van der Waals surface area contributed by atoms with Crippen LogP contribution in [0.2, 0.25) is 0 Å². The molecule has 0 atom stereocenters. The van der Waals surface area contributed by atoms with Gasteiger partial charge >= 0.3 is 0 Å². The van der Waals surface area contributed by atoms with Crippen LogP contribution in [0.1, 0.15) is 30.9 Å². The van der Waals surface area contributed by atoms with Gasteiger partial charge < -0.3 is 4.74 Å². The molecule has 1 aromatic heterocycles. The van der Waals surface area contributed by atoms with Crippen molar-refractivity contribution in [1.82, 2.24) is 14.5 Å². The summed E-state index contributed by atoms with van der Waals surface area (Å²) in [6.07, 6.45) is 9.76. The Bertz CT molecular complexity index is 848. The minimum atomic E-state index is -3.65. The van der Waals surface area contributed by atoms with Crippen molar-refractivity contribution in [2.75, 3.05) is 6.61 Å². The van der Waals surface area contributed by atoms with Crippen LogP contribution >= 0.6 is 0 Å². The molecule has 7 heteroatoms. The topological polar surface area (TPSA) is 73.2 Å². The maximum atomic E-state index is 12.6. The number of nitrogens with zero attached hydrogens (tertiary/aromatic N) is 2. The lowest BCUT2D eigenvalue weighted by molar-refractivity contribution is 0.270. The van der Waals surface area contributed by atoms with Gasteiger partial charge in [0.2, 0.25) is 0 Å². The molecule has 1 aliphatic rings. The molecule has 24 heavy (non-hydrogen) atoms. The Morgan fingerprint density at radius 1 is 1.33 bits per heavy atom. The average molecular weight is 345 g/mol. The van der Waals surface area contributed by atoms with E-state index < -0.39 is 10.0 Å². The number of benzene rings is 1. The van der Waals surface area contributed by atoms with E-state index in [0.29, 0.717) is 5.75 Å². The van der Waals surface area contributed by atoms with E-state index in [2.05, 4.69) is 15.7 Å². The number of rotatable bonds is 7. The zero-order chi connectivity index (χ0) is 17.0. The molecule has 1 aromatic carbocycles. The smallest absolute Gasteiger partial charge is 0.258 e. The molecular formula is C17H19N3O3S. The second-order valence-electron chi connectivity index (χ2n) is 5.62. The summed E-state index contributed by atoms with van der Waals surface area (Å²) in [5.41, 5.74) is 0.728. The van der Waals surface area contributed by atoms with Gasteiger partial charge in [-0.1, -0.05) is 24.1 Å². The van der Waals surface area contributed by atoms with E-state index in [-0.39, 0.29) is 24.2 Å². The standard InChI is InChI=1S/C17H19N3O3S/c1-2-12-23-16-9-4-3-6-14(16)13-19-24(21,22)17-10-11-18-20(17)15-7-5-8-15/h1,3-4,6,9-11,15,19H,5,7-8,12-13H2. The van der Waals surface area contributed by atoms with Gasteiger partial charge in [-0.3, -0.25) is 0 Å². The quantitative estimate of drug-likeness (QED) is 0.780. The van der Waals surface area contributed by atoms with Gasteiger partial charge in [0.15, 0.2) is 5.03 Å². The highest BCUT2D eigenvalue weighted by Gasteiger charge is 2.27. The molecule has 6 nitrogen and oxygen atoms in total. The highest BCUT2D eigenvalue weighted by molar-refractivity contribution is 7.89. The Kier molecular flexibility index (Phi) is 4.88. The summed E-state index contributed by atoms with van der Waals surface area (Å²) in [5, 5.41) is 4.37. The van der Waals surface area contributed by atoms with Crippen LogP contribution in [0, 0.1) is 12.3 Å². The van der Waals surface area contributed by atoms with E-state index in [1.54, 1.807) is 16.8 Å². The van der Waals surface area contributed by atoms with Gasteiger partial charge in [-0.05, 0) is 31.4 Å². The molecule has 0 aliphatic heterocycles. The molecule has 1 aliphatic carbocycles. The molecule has 0 saturated heterocycles. The van der Waals surface area contributed by atoms with Gasteiger partial charge in [0.1, 0.15) is 12.4 Å². The van der Waals surface area contributed by atoms with Crippen LogP contribution < -0.4 is 9.46 Å². The van der Waals surface area contributed by atoms with E-state index in [0.717, 1.165) is 24.8 Å². The first-order valence-electron chi connectivity index (χ1n) is 7.79. The van der Waals surface area contributed by atoms with E-state index in [4.69, 9.17) is 11.2 Å². The van der Waals surface area contributed by atoms with Crippen molar-refractivity contribution in [3.63, 3.8) is 0 Å². The molecule has 0 spiro atoms. The third-order valence-corrected chi connectivity index (χ3v) is 5.46. The van der Waals surface area contributed by atoms with Crippen LogP contribution in [0.3, 0.4) is 0 Å². The van der Waals surface area contributed by atoms with Crippen molar-refractivity contribution in [2.45, 2.75) is 36.9 Å². The van der Waals surface area contributed by atoms with Crippen LogP contribution in [0.15, 0.2) is 41.6 Å². The molecule has 1 N–H and O–H groups in total. The molecule has 0 radical (unpaired) electrons. The Balaban J connectivity index is 1.75. The van der Waals surface area contributed by atoms with E-state index in [9.17, 15) is 8.42 Å². The van der Waals surface area contributed by atoms with Gasteiger partial charge in [0.05, 0.1) is 12.2 Å². The van der Waals surface area contributed by atoms with Crippen molar-refractivity contribution in [3.8, 4) is 18.1 Å². The fourth-order valence-electron chi connectivity index (χ4n) is 2.58. The normalized spacial score (nSPS) is 14.8. The van der Waals surface area contributed by atoms with Gasteiger partial charge in [-0.15, -0.1) is 6.42 Å². The van der Waals surface area contributed by atoms with E-state index in [1.807, 2.05) is 12.1 Å². The lowest BCUT2D eigenvalue weighted by Gasteiger charge is -2.27. The second kappa shape index (κ2) is 7.07. The number of sulfonamides is 1. The van der Waals surface area contributed by atoms with E-state index in [1.165, 1.54) is 12.3 Å². The molecule has 0 bridgehead atoms. The third-order valence-electron chi connectivity index (χ3n) is 4.07. The van der Waals surface area contributed by atoms with Gasteiger partial charge in [-0.25, -0.2) is 17.8 Å². The van der Waals surface area contributed by atoms with Gasteiger partial charge in [0.25, 0.3) is 10.0 Å². The van der Waals surface area contributed by atoms with Crippen molar-refractivity contribution >= 4 is 10.0 Å². The summed E-state index contributed by atoms with van der Waals surface area (Å²) < 4.78 is 34.9. The van der Waals surface area contributed by atoms with Crippen LogP contribution in [0.4, 0.5) is 0 Å². The van der Waals surface area contributed by atoms with Crippen LogP contribution in [-0.4, -0.2) is 24.8 Å². The predicted molar refractivity (Wildman–Crippen MR) is 89.9 cm³/mol. The molecule has 3 rings (SSSR count). The number of ether oxygens (including phenoxy) is 1. The summed E-state index contributed by atoms with van der Waals surface area (Å²) in [5.74, 6) is 2.97. The molecule has 126 valence electrons. The van der Waals surface area contributed by atoms with Gasteiger partial charge in [-0.2, -0.15) is 5.10 Å². The number of nitrogens with one attached hydrogen (secondary N) is 1. The number of para-hydroxylation sites is 1. The molecular weight excluding hydrogens is 326 g/mol. The molecule has 1 fully saturated rings. The Labute approximate surface area is 141 Å². The molecule has 0 amide bonds. The van der Waals surface area contributed by atoms with Crippen molar-refractivity contribution in [1.29, 1.82) is 0 Å². The Hall–Kier alpha value is -2.30. The molecule has 2 aromatic rings. The fourth-order valence-corrected chi connectivity index (χ4v) is 3.75. The summed E-state index contributed by atoms with van der Waals surface area (Å²) in [6.45, 7) is 0.261. The summed E-state index contributed by atoms with van der Waals surface area (Å²) in [6, 6.07) is 8.91. The van der Waals surface area contributed by atoms with E-state index >= 15 is 0 Å².